The quantitative estimate of drug-likeness (QED) is 0.444. The third-order valence-corrected chi connectivity index (χ3v) is 4.70. The van der Waals surface area contributed by atoms with Gasteiger partial charge < -0.3 is 10.1 Å². The van der Waals surface area contributed by atoms with E-state index in [0.717, 1.165) is 39.3 Å². The number of nitrogens with one attached hydrogen (secondary N) is 1. The Labute approximate surface area is 173 Å². The number of hydrogen-bond acceptors (Lipinski definition) is 3. The first kappa shape index (κ1) is 19.0. The van der Waals surface area contributed by atoms with E-state index in [2.05, 4.69) is 28.5 Å². The molecule has 0 aliphatic carbocycles. The van der Waals surface area contributed by atoms with Crippen LogP contribution < -0.4 is 10.1 Å². The molecule has 0 bridgehead atoms. The van der Waals surface area contributed by atoms with Gasteiger partial charge in [0.1, 0.15) is 18.7 Å². The maximum Gasteiger partial charge on any atom is 0.221 e. The second-order valence-corrected chi connectivity index (χ2v) is 6.99. The van der Waals surface area contributed by atoms with Gasteiger partial charge in [0.05, 0.1) is 16.9 Å². The molecule has 0 saturated heterocycles. The molecule has 6 heteroatoms. The Balaban J connectivity index is 1.59. The number of amides is 1. The number of aromatic nitrogens is 2. The molecule has 4 rings (SSSR count). The van der Waals surface area contributed by atoms with E-state index in [-0.39, 0.29) is 5.91 Å². The zero-order valence-corrected chi connectivity index (χ0v) is 16.7. The lowest BCUT2D eigenvalue weighted by molar-refractivity contribution is -0.114. The molecule has 0 atom stereocenters. The highest BCUT2D eigenvalue weighted by Crippen LogP contribution is 2.27. The van der Waals surface area contributed by atoms with Gasteiger partial charge in [0.15, 0.2) is 0 Å². The standard InChI is InChI=1S/C23H20ClN3O2/c1-16(28)26-19-5-7-20(8-6-19)27-15-25-22-14-18(4-11-23(22)27)17-2-9-21(10-3-17)29-13-12-24/h2-11,14-15H,12-13H2,1H3,(H,26,28). The topological polar surface area (TPSA) is 56.2 Å². The molecule has 5 nitrogen and oxygen atoms in total. The lowest BCUT2D eigenvalue weighted by atomic mass is 10.0. The van der Waals surface area contributed by atoms with Crippen molar-refractivity contribution in [2.75, 3.05) is 17.8 Å². The van der Waals surface area contributed by atoms with E-state index in [1.54, 1.807) is 0 Å². The normalized spacial score (nSPS) is 10.8. The van der Waals surface area contributed by atoms with Crippen LogP contribution in [0.25, 0.3) is 27.8 Å². The molecule has 0 spiro atoms. The van der Waals surface area contributed by atoms with Gasteiger partial charge in [0, 0.05) is 18.3 Å². The Hall–Kier alpha value is -3.31. The number of benzene rings is 3. The van der Waals surface area contributed by atoms with Crippen molar-refractivity contribution in [2.24, 2.45) is 0 Å². The highest BCUT2D eigenvalue weighted by Gasteiger charge is 2.07. The van der Waals surface area contributed by atoms with Crippen LogP contribution >= 0.6 is 11.6 Å². The molecule has 0 aliphatic heterocycles. The molecule has 0 fully saturated rings. The number of carbonyl (C=O) groups is 1. The van der Waals surface area contributed by atoms with Crippen molar-refractivity contribution >= 4 is 34.2 Å². The van der Waals surface area contributed by atoms with E-state index in [0.29, 0.717) is 12.5 Å². The Morgan fingerprint density at radius 3 is 2.45 bits per heavy atom. The minimum atomic E-state index is -0.0861. The van der Waals surface area contributed by atoms with E-state index >= 15 is 0 Å². The Morgan fingerprint density at radius 1 is 1.03 bits per heavy atom. The molecule has 1 heterocycles. The van der Waals surface area contributed by atoms with E-state index in [9.17, 15) is 4.79 Å². The summed E-state index contributed by atoms with van der Waals surface area (Å²) in [6, 6.07) is 21.9. The zero-order chi connectivity index (χ0) is 20.2. The fourth-order valence-electron chi connectivity index (χ4n) is 3.21. The fourth-order valence-corrected chi connectivity index (χ4v) is 3.28. The van der Waals surface area contributed by atoms with Gasteiger partial charge in [-0.1, -0.05) is 18.2 Å². The first-order valence-corrected chi connectivity index (χ1v) is 9.82. The first-order valence-electron chi connectivity index (χ1n) is 9.28. The molecule has 146 valence electrons. The van der Waals surface area contributed by atoms with E-state index in [1.165, 1.54) is 6.92 Å². The average Bonchev–Trinajstić information content (AvgIpc) is 3.16. The number of nitrogens with zero attached hydrogens (tertiary/aromatic N) is 2. The molecule has 0 radical (unpaired) electrons. The summed E-state index contributed by atoms with van der Waals surface area (Å²) < 4.78 is 7.55. The molecule has 1 amide bonds. The summed E-state index contributed by atoms with van der Waals surface area (Å²) >= 11 is 5.66. The van der Waals surface area contributed by atoms with E-state index in [1.807, 2.05) is 59.4 Å². The summed E-state index contributed by atoms with van der Waals surface area (Å²) in [5.41, 5.74) is 5.87. The fraction of sp³-hybridized carbons (Fsp3) is 0.130. The summed E-state index contributed by atoms with van der Waals surface area (Å²) in [6.45, 7) is 1.99. The van der Waals surface area contributed by atoms with Gasteiger partial charge in [-0.2, -0.15) is 0 Å². The van der Waals surface area contributed by atoms with Crippen LogP contribution in [0, 0.1) is 0 Å². The van der Waals surface area contributed by atoms with Crippen LogP contribution in [0.15, 0.2) is 73.1 Å². The molecule has 3 aromatic carbocycles. The van der Waals surface area contributed by atoms with Crippen LogP contribution in [0.1, 0.15) is 6.92 Å². The molecule has 0 aliphatic rings. The highest BCUT2D eigenvalue weighted by atomic mass is 35.5. The summed E-state index contributed by atoms with van der Waals surface area (Å²) in [6.07, 6.45) is 1.81. The van der Waals surface area contributed by atoms with Crippen molar-refractivity contribution in [1.29, 1.82) is 0 Å². The first-order chi connectivity index (χ1) is 14.1. The summed E-state index contributed by atoms with van der Waals surface area (Å²) in [4.78, 5) is 15.7. The molecule has 1 N–H and O–H groups in total. The van der Waals surface area contributed by atoms with Crippen LogP contribution in [0.3, 0.4) is 0 Å². The predicted molar refractivity (Wildman–Crippen MR) is 117 cm³/mol. The number of hydrogen-bond donors (Lipinski definition) is 1. The maximum absolute atomic E-state index is 11.2. The Kier molecular flexibility index (Phi) is 5.49. The number of ether oxygens (including phenoxy) is 1. The third-order valence-electron chi connectivity index (χ3n) is 4.55. The second-order valence-electron chi connectivity index (χ2n) is 6.61. The molecular weight excluding hydrogens is 386 g/mol. The number of carbonyl (C=O) groups excluding carboxylic acids is 1. The van der Waals surface area contributed by atoms with Crippen molar-refractivity contribution < 1.29 is 9.53 Å². The van der Waals surface area contributed by atoms with Gasteiger partial charge in [-0.15, -0.1) is 11.6 Å². The minimum Gasteiger partial charge on any atom is -0.492 e. The summed E-state index contributed by atoms with van der Waals surface area (Å²) in [5, 5.41) is 2.78. The van der Waals surface area contributed by atoms with Crippen molar-refractivity contribution in [3.8, 4) is 22.6 Å². The van der Waals surface area contributed by atoms with Gasteiger partial charge in [0.2, 0.25) is 5.91 Å². The number of halogens is 1. The number of fused-ring (bicyclic) bond motifs is 1. The number of imidazole rings is 1. The van der Waals surface area contributed by atoms with Crippen molar-refractivity contribution in [2.45, 2.75) is 6.92 Å². The number of rotatable bonds is 6. The lowest BCUT2D eigenvalue weighted by Gasteiger charge is -2.08. The lowest BCUT2D eigenvalue weighted by Crippen LogP contribution is -2.05. The van der Waals surface area contributed by atoms with Gasteiger partial charge in [-0.25, -0.2) is 4.98 Å². The molecular formula is C23H20ClN3O2. The van der Waals surface area contributed by atoms with Crippen LogP contribution in [0.4, 0.5) is 5.69 Å². The number of alkyl halides is 1. The van der Waals surface area contributed by atoms with Crippen LogP contribution in [0.2, 0.25) is 0 Å². The molecule has 29 heavy (non-hydrogen) atoms. The van der Waals surface area contributed by atoms with Crippen LogP contribution in [-0.2, 0) is 4.79 Å². The molecule has 4 aromatic rings. The van der Waals surface area contributed by atoms with E-state index in [4.69, 9.17) is 16.3 Å². The Morgan fingerprint density at radius 2 is 1.76 bits per heavy atom. The van der Waals surface area contributed by atoms with Crippen molar-refractivity contribution in [1.82, 2.24) is 9.55 Å². The average molecular weight is 406 g/mol. The van der Waals surface area contributed by atoms with Gasteiger partial charge in [-0.3, -0.25) is 9.36 Å². The molecule has 0 unspecified atom stereocenters. The minimum absolute atomic E-state index is 0.0861. The smallest absolute Gasteiger partial charge is 0.221 e. The van der Waals surface area contributed by atoms with Crippen molar-refractivity contribution in [3.63, 3.8) is 0 Å². The van der Waals surface area contributed by atoms with Gasteiger partial charge >= 0.3 is 0 Å². The largest absolute Gasteiger partial charge is 0.492 e. The van der Waals surface area contributed by atoms with Crippen molar-refractivity contribution in [3.05, 3.63) is 73.1 Å². The summed E-state index contributed by atoms with van der Waals surface area (Å²) in [5.74, 6) is 1.19. The second kappa shape index (κ2) is 8.37. The third kappa shape index (κ3) is 4.25. The highest BCUT2D eigenvalue weighted by molar-refractivity contribution is 6.18. The maximum atomic E-state index is 11.2. The predicted octanol–water partition coefficient (Wildman–Crippen LogP) is 5.27. The molecule has 1 aromatic heterocycles. The Bertz CT molecular complexity index is 1140. The van der Waals surface area contributed by atoms with E-state index < -0.39 is 0 Å². The van der Waals surface area contributed by atoms with Gasteiger partial charge in [-0.05, 0) is 59.7 Å². The molecule has 0 saturated carbocycles. The summed E-state index contributed by atoms with van der Waals surface area (Å²) in [7, 11) is 0. The number of anilines is 1. The monoisotopic (exact) mass is 405 g/mol. The zero-order valence-electron chi connectivity index (χ0n) is 15.9. The van der Waals surface area contributed by atoms with Gasteiger partial charge in [0.25, 0.3) is 0 Å². The van der Waals surface area contributed by atoms with Crippen LogP contribution in [0.5, 0.6) is 5.75 Å². The van der Waals surface area contributed by atoms with Crippen LogP contribution in [-0.4, -0.2) is 27.9 Å². The SMILES string of the molecule is CC(=O)Nc1ccc(-n2cnc3cc(-c4ccc(OCCCl)cc4)ccc32)cc1.